The molecule has 6 heteroatoms. The molecule has 0 N–H and O–H groups in total. The molecule has 1 saturated heterocycles. The number of aromatic nitrogens is 3. The number of carbonyl (C=O) groups is 1. The normalized spacial score (nSPS) is 16.9. The van der Waals surface area contributed by atoms with Crippen LogP contribution in [0.1, 0.15) is 34.8 Å². The van der Waals surface area contributed by atoms with E-state index in [0.29, 0.717) is 29.9 Å². The lowest BCUT2D eigenvalue weighted by Gasteiger charge is -2.33. The number of amides is 1. The molecule has 136 valence electrons. The lowest BCUT2D eigenvalue weighted by atomic mass is 9.91. The molecule has 1 aliphatic rings. The summed E-state index contributed by atoms with van der Waals surface area (Å²) in [7, 11) is 0. The van der Waals surface area contributed by atoms with E-state index < -0.39 is 0 Å². The molecular weight excluding hydrogens is 343 g/mol. The maximum absolute atomic E-state index is 13.7. The minimum Gasteiger partial charge on any atom is -0.338 e. The Labute approximate surface area is 156 Å². The summed E-state index contributed by atoms with van der Waals surface area (Å²) < 4.78 is 13.7. The van der Waals surface area contributed by atoms with Crippen LogP contribution in [0.3, 0.4) is 0 Å². The summed E-state index contributed by atoms with van der Waals surface area (Å²) >= 11 is 0. The van der Waals surface area contributed by atoms with Crippen LogP contribution in [0.15, 0.2) is 61.2 Å². The zero-order valence-electron chi connectivity index (χ0n) is 14.8. The van der Waals surface area contributed by atoms with Crippen LogP contribution in [-0.2, 0) is 0 Å². The molecule has 3 aromatic rings. The van der Waals surface area contributed by atoms with Gasteiger partial charge in [0.25, 0.3) is 5.91 Å². The highest BCUT2D eigenvalue weighted by Crippen LogP contribution is 2.32. The van der Waals surface area contributed by atoms with Crippen molar-refractivity contribution in [1.29, 1.82) is 0 Å². The smallest absolute Gasteiger partial charge is 0.255 e. The van der Waals surface area contributed by atoms with E-state index in [0.717, 1.165) is 18.5 Å². The molecule has 1 atom stereocenters. The molecule has 1 fully saturated rings. The molecule has 27 heavy (non-hydrogen) atoms. The molecule has 0 aliphatic carbocycles. The summed E-state index contributed by atoms with van der Waals surface area (Å²) in [5.41, 5.74) is 2.78. The molecule has 1 aliphatic heterocycles. The Morgan fingerprint density at radius 2 is 2.00 bits per heavy atom. The topological polar surface area (TPSA) is 59.0 Å². The molecular formula is C21H19FN4O. The van der Waals surface area contributed by atoms with Crippen LogP contribution in [0.25, 0.3) is 11.3 Å². The molecule has 5 nitrogen and oxygen atoms in total. The lowest BCUT2D eigenvalue weighted by Crippen LogP contribution is -2.39. The first-order valence-electron chi connectivity index (χ1n) is 8.98. The number of likely N-dealkylation sites (tertiary alicyclic amines) is 1. The molecule has 0 bridgehead atoms. The van der Waals surface area contributed by atoms with Crippen LogP contribution in [0.5, 0.6) is 0 Å². The second kappa shape index (κ2) is 7.61. The molecule has 1 aromatic carbocycles. The first-order valence-corrected chi connectivity index (χ1v) is 8.98. The van der Waals surface area contributed by atoms with Crippen molar-refractivity contribution in [2.75, 3.05) is 13.1 Å². The summed E-state index contributed by atoms with van der Waals surface area (Å²) in [6, 6.07) is 9.92. The second-order valence-corrected chi connectivity index (χ2v) is 6.63. The van der Waals surface area contributed by atoms with Gasteiger partial charge in [-0.05, 0) is 37.1 Å². The van der Waals surface area contributed by atoms with Gasteiger partial charge in [-0.2, -0.15) is 0 Å². The van der Waals surface area contributed by atoms with Crippen LogP contribution < -0.4 is 0 Å². The summed E-state index contributed by atoms with van der Waals surface area (Å²) in [6.45, 7) is 1.27. The van der Waals surface area contributed by atoms with Gasteiger partial charge in [0.1, 0.15) is 5.82 Å². The van der Waals surface area contributed by atoms with E-state index in [1.165, 1.54) is 12.1 Å². The Bertz CT molecular complexity index is 948. The first kappa shape index (κ1) is 17.3. The minimum atomic E-state index is -0.305. The van der Waals surface area contributed by atoms with Crippen molar-refractivity contribution in [3.63, 3.8) is 0 Å². The van der Waals surface area contributed by atoms with E-state index in [1.54, 1.807) is 43.0 Å². The Balaban J connectivity index is 1.62. The molecule has 2 aromatic heterocycles. The van der Waals surface area contributed by atoms with E-state index in [2.05, 4.69) is 15.0 Å². The molecule has 0 spiro atoms. The molecule has 0 unspecified atom stereocenters. The van der Waals surface area contributed by atoms with Crippen LogP contribution in [-0.4, -0.2) is 38.8 Å². The van der Waals surface area contributed by atoms with Crippen molar-refractivity contribution in [3.05, 3.63) is 78.3 Å². The molecule has 1 amide bonds. The maximum atomic E-state index is 13.7. The largest absolute Gasteiger partial charge is 0.338 e. The molecule has 4 rings (SSSR count). The van der Waals surface area contributed by atoms with Crippen molar-refractivity contribution in [1.82, 2.24) is 19.9 Å². The van der Waals surface area contributed by atoms with Crippen molar-refractivity contribution in [2.45, 2.75) is 18.8 Å². The van der Waals surface area contributed by atoms with Gasteiger partial charge in [-0.3, -0.25) is 19.7 Å². The van der Waals surface area contributed by atoms with Gasteiger partial charge >= 0.3 is 0 Å². The Hall–Kier alpha value is -3.15. The number of rotatable bonds is 3. The number of benzene rings is 1. The standard InChI is InChI=1S/C21H19FN4O/c22-18-7-1-4-15(12-18)19-20(25-10-9-24-19)17-6-3-11-26(14-17)21(27)16-5-2-8-23-13-16/h1-2,4-5,7-10,12-13,17H,3,6,11,14H2/t17-/m0/s1. The zero-order chi connectivity index (χ0) is 18.6. The fourth-order valence-electron chi connectivity index (χ4n) is 3.56. The fourth-order valence-corrected chi connectivity index (χ4v) is 3.56. The predicted octanol–water partition coefficient (Wildman–Crippen LogP) is 3.70. The van der Waals surface area contributed by atoms with Crippen LogP contribution in [0, 0.1) is 5.82 Å². The highest BCUT2D eigenvalue weighted by atomic mass is 19.1. The Morgan fingerprint density at radius 3 is 2.81 bits per heavy atom. The Morgan fingerprint density at radius 1 is 1.11 bits per heavy atom. The van der Waals surface area contributed by atoms with Crippen LogP contribution in [0.2, 0.25) is 0 Å². The van der Waals surface area contributed by atoms with Gasteiger partial charge in [0.15, 0.2) is 0 Å². The van der Waals surface area contributed by atoms with Crippen molar-refractivity contribution in [3.8, 4) is 11.3 Å². The van der Waals surface area contributed by atoms with Gasteiger partial charge in [0.05, 0.1) is 17.0 Å². The first-order chi connectivity index (χ1) is 13.2. The molecule has 3 heterocycles. The van der Waals surface area contributed by atoms with E-state index >= 15 is 0 Å². The fraction of sp³-hybridized carbons (Fsp3) is 0.238. The summed E-state index contributed by atoms with van der Waals surface area (Å²) in [4.78, 5) is 27.6. The van der Waals surface area contributed by atoms with Gasteiger partial charge < -0.3 is 4.90 Å². The van der Waals surface area contributed by atoms with Gasteiger partial charge in [-0.1, -0.05) is 12.1 Å². The maximum Gasteiger partial charge on any atom is 0.255 e. The number of carbonyl (C=O) groups excluding carboxylic acids is 1. The second-order valence-electron chi connectivity index (χ2n) is 6.63. The number of halogens is 1. The number of piperidine rings is 1. The third kappa shape index (κ3) is 3.69. The Kier molecular flexibility index (Phi) is 4.87. The van der Waals surface area contributed by atoms with E-state index in [9.17, 15) is 9.18 Å². The summed E-state index contributed by atoms with van der Waals surface area (Å²) in [5.74, 6) is -0.267. The van der Waals surface area contributed by atoms with E-state index in [-0.39, 0.29) is 17.6 Å². The van der Waals surface area contributed by atoms with Crippen molar-refractivity contribution >= 4 is 5.91 Å². The number of nitrogens with zero attached hydrogens (tertiary/aromatic N) is 4. The average molecular weight is 362 g/mol. The summed E-state index contributed by atoms with van der Waals surface area (Å²) in [5, 5.41) is 0. The SMILES string of the molecule is O=C(c1cccnc1)N1CCC[C@H](c2nccnc2-c2cccc(F)c2)C1. The average Bonchev–Trinajstić information content (AvgIpc) is 2.74. The highest BCUT2D eigenvalue weighted by molar-refractivity contribution is 5.94. The third-order valence-corrected chi connectivity index (χ3v) is 4.83. The minimum absolute atomic E-state index is 0.0241. The number of pyridine rings is 1. The van der Waals surface area contributed by atoms with Crippen LogP contribution >= 0.6 is 0 Å². The molecule has 0 radical (unpaired) electrons. The van der Waals surface area contributed by atoms with Gasteiger partial charge in [-0.25, -0.2) is 4.39 Å². The quantitative estimate of drug-likeness (QED) is 0.713. The molecule has 0 saturated carbocycles. The monoisotopic (exact) mass is 362 g/mol. The number of hydrogen-bond donors (Lipinski definition) is 0. The van der Waals surface area contributed by atoms with Gasteiger partial charge in [0.2, 0.25) is 0 Å². The predicted molar refractivity (Wildman–Crippen MR) is 99.5 cm³/mol. The lowest BCUT2D eigenvalue weighted by molar-refractivity contribution is 0.0705. The number of hydrogen-bond acceptors (Lipinski definition) is 4. The van der Waals surface area contributed by atoms with Crippen molar-refractivity contribution in [2.24, 2.45) is 0 Å². The van der Waals surface area contributed by atoms with E-state index in [1.807, 2.05) is 11.0 Å². The highest BCUT2D eigenvalue weighted by Gasteiger charge is 2.28. The van der Waals surface area contributed by atoms with Gasteiger partial charge in [0, 0.05) is 49.4 Å². The third-order valence-electron chi connectivity index (χ3n) is 4.83. The van der Waals surface area contributed by atoms with E-state index in [4.69, 9.17) is 0 Å². The zero-order valence-corrected chi connectivity index (χ0v) is 14.8. The summed E-state index contributed by atoms with van der Waals surface area (Å²) in [6.07, 6.45) is 8.31. The van der Waals surface area contributed by atoms with Crippen molar-refractivity contribution < 1.29 is 9.18 Å². The van der Waals surface area contributed by atoms with Crippen LogP contribution in [0.4, 0.5) is 4.39 Å². The van der Waals surface area contributed by atoms with Gasteiger partial charge in [-0.15, -0.1) is 0 Å².